The third-order valence-corrected chi connectivity index (χ3v) is 4.66. The number of nitrogens with zero attached hydrogens (tertiary/aromatic N) is 1. The molecule has 5 nitrogen and oxygen atoms in total. The van der Waals surface area contributed by atoms with Crippen molar-refractivity contribution in [3.05, 3.63) is 54.1 Å². The van der Waals surface area contributed by atoms with Gasteiger partial charge in [-0.1, -0.05) is 18.2 Å². The number of para-hydroxylation sites is 1. The highest BCUT2D eigenvalue weighted by Gasteiger charge is 2.13. The molecule has 1 aliphatic heterocycles. The molecule has 0 fully saturated rings. The van der Waals surface area contributed by atoms with Gasteiger partial charge in [0.2, 0.25) is 0 Å². The summed E-state index contributed by atoms with van der Waals surface area (Å²) in [6.45, 7) is 0.789. The number of nitrogens with one attached hydrogen (secondary N) is 1. The van der Waals surface area contributed by atoms with Gasteiger partial charge in [0.25, 0.3) is 0 Å². The van der Waals surface area contributed by atoms with Gasteiger partial charge in [-0.3, -0.25) is 0 Å². The number of aliphatic hydroxyl groups is 2. The number of anilines is 1. The molecule has 4 rings (SSSR count). The molecule has 2 heterocycles. The molecule has 0 saturated heterocycles. The van der Waals surface area contributed by atoms with Crippen LogP contribution >= 0.6 is 12.4 Å². The molecule has 27 heavy (non-hydrogen) atoms. The Morgan fingerprint density at radius 1 is 1.15 bits per heavy atom. The molecule has 1 aromatic heterocycles. The van der Waals surface area contributed by atoms with Crippen LogP contribution in [0.2, 0.25) is 0 Å². The number of rotatable bonds is 5. The Kier molecular flexibility index (Phi) is 6.16. The number of benzene rings is 2. The zero-order chi connectivity index (χ0) is 17.9. The molecule has 1 aliphatic rings. The van der Waals surface area contributed by atoms with Crippen molar-refractivity contribution < 1.29 is 14.9 Å². The molecule has 142 valence electrons. The lowest BCUT2D eigenvalue weighted by Crippen LogP contribution is -2.23. The van der Waals surface area contributed by atoms with Gasteiger partial charge in [-0.15, -0.1) is 12.4 Å². The van der Waals surface area contributed by atoms with E-state index in [0.29, 0.717) is 0 Å². The first-order chi connectivity index (χ1) is 12.7. The maximum absolute atomic E-state index is 9.67. The molecule has 0 amide bonds. The van der Waals surface area contributed by atoms with E-state index in [0.717, 1.165) is 53.0 Å². The van der Waals surface area contributed by atoms with Crippen molar-refractivity contribution in [2.24, 2.45) is 0 Å². The summed E-state index contributed by atoms with van der Waals surface area (Å²) < 4.78 is 5.70. The number of hydrogen-bond acceptors (Lipinski definition) is 5. The van der Waals surface area contributed by atoms with Crippen LogP contribution in [0.4, 0.5) is 5.69 Å². The standard InChI is InChI=1S/C21H22N2O3.ClH/c24-13-16(25)12-22-20-11-19(23-18-6-2-1-5-17(18)20)14-7-8-21-15(10-14)4-3-9-26-21;/h1-2,5-8,10-11,16,24-25H,3-4,9,12-13H2,(H,22,23);1H. The van der Waals surface area contributed by atoms with Crippen LogP contribution in [0.3, 0.4) is 0 Å². The topological polar surface area (TPSA) is 74.6 Å². The van der Waals surface area contributed by atoms with Crippen LogP contribution in [0.1, 0.15) is 12.0 Å². The first kappa shape index (κ1) is 19.4. The lowest BCUT2D eigenvalue weighted by molar-refractivity contribution is 0.105. The van der Waals surface area contributed by atoms with Crippen LogP contribution < -0.4 is 10.1 Å². The summed E-state index contributed by atoms with van der Waals surface area (Å²) in [4.78, 5) is 4.81. The lowest BCUT2D eigenvalue weighted by atomic mass is 10.0. The van der Waals surface area contributed by atoms with Crippen molar-refractivity contribution in [3.8, 4) is 17.0 Å². The summed E-state index contributed by atoms with van der Waals surface area (Å²) in [7, 11) is 0. The maximum Gasteiger partial charge on any atom is 0.122 e. The molecular weight excluding hydrogens is 364 g/mol. The predicted octanol–water partition coefficient (Wildman–Crippen LogP) is 3.41. The van der Waals surface area contributed by atoms with E-state index in [-0.39, 0.29) is 25.6 Å². The zero-order valence-electron chi connectivity index (χ0n) is 14.9. The Morgan fingerprint density at radius 3 is 2.85 bits per heavy atom. The number of aryl methyl sites for hydroxylation is 1. The molecular formula is C21H23ClN2O3. The average Bonchev–Trinajstić information content (AvgIpc) is 2.71. The van der Waals surface area contributed by atoms with Crippen LogP contribution in [0.5, 0.6) is 5.75 Å². The highest BCUT2D eigenvalue weighted by Crippen LogP contribution is 2.32. The van der Waals surface area contributed by atoms with Gasteiger partial charge in [0, 0.05) is 23.2 Å². The molecule has 2 aromatic carbocycles. The fourth-order valence-electron chi connectivity index (χ4n) is 3.28. The minimum atomic E-state index is -0.800. The van der Waals surface area contributed by atoms with Gasteiger partial charge in [-0.05, 0) is 48.7 Å². The second-order valence-corrected chi connectivity index (χ2v) is 6.56. The van der Waals surface area contributed by atoms with Crippen molar-refractivity contribution in [1.82, 2.24) is 4.98 Å². The van der Waals surface area contributed by atoms with Crippen LogP contribution in [-0.4, -0.2) is 41.1 Å². The van der Waals surface area contributed by atoms with E-state index in [9.17, 15) is 5.11 Å². The Bertz CT molecular complexity index is 932. The first-order valence-electron chi connectivity index (χ1n) is 8.93. The highest BCUT2D eigenvalue weighted by molar-refractivity contribution is 5.93. The predicted molar refractivity (Wildman–Crippen MR) is 110 cm³/mol. The van der Waals surface area contributed by atoms with Crippen molar-refractivity contribution in [2.75, 3.05) is 25.1 Å². The summed E-state index contributed by atoms with van der Waals surface area (Å²) in [5.41, 5.74) is 4.92. The maximum atomic E-state index is 9.67. The van der Waals surface area contributed by atoms with Gasteiger partial charge in [0.05, 0.1) is 30.5 Å². The van der Waals surface area contributed by atoms with Crippen molar-refractivity contribution in [3.63, 3.8) is 0 Å². The number of aromatic nitrogens is 1. The van der Waals surface area contributed by atoms with Crippen LogP contribution in [0.15, 0.2) is 48.5 Å². The van der Waals surface area contributed by atoms with Gasteiger partial charge in [0.1, 0.15) is 5.75 Å². The first-order valence-corrected chi connectivity index (χ1v) is 8.93. The van der Waals surface area contributed by atoms with Crippen molar-refractivity contribution in [2.45, 2.75) is 18.9 Å². The average molecular weight is 387 g/mol. The van der Waals surface area contributed by atoms with Gasteiger partial charge in [-0.2, -0.15) is 0 Å². The van der Waals surface area contributed by atoms with E-state index in [1.807, 2.05) is 42.5 Å². The summed E-state index contributed by atoms with van der Waals surface area (Å²) in [6.07, 6.45) is 1.25. The Hall–Kier alpha value is -2.34. The van der Waals surface area contributed by atoms with Crippen LogP contribution in [0, 0.1) is 0 Å². The van der Waals surface area contributed by atoms with E-state index >= 15 is 0 Å². The molecule has 1 unspecified atom stereocenters. The van der Waals surface area contributed by atoms with Gasteiger partial charge in [0.15, 0.2) is 0 Å². The van der Waals surface area contributed by atoms with E-state index < -0.39 is 6.10 Å². The van der Waals surface area contributed by atoms with Crippen molar-refractivity contribution >= 4 is 29.0 Å². The fourth-order valence-corrected chi connectivity index (χ4v) is 3.28. The molecule has 0 saturated carbocycles. The fraction of sp³-hybridized carbons (Fsp3) is 0.286. The van der Waals surface area contributed by atoms with Crippen LogP contribution in [-0.2, 0) is 6.42 Å². The third kappa shape index (κ3) is 4.16. The minimum absolute atomic E-state index is 0. The quantitative estimate of drug-likeness (QED) is 0.626. The van der Waals surface area contributed by atoms with E-state index in [1.165, 1.54) is 5.56 Å². The second-order valence-electron chi connectivity index (χ2n) is 6.56. The summed E-state index contributed by atoms with van der Waals surface area (Å²) in [6, 6.07) is 16.1. The van der Waals surface area contributed by atoms with E-state index in [1.54, 1.807) is 0 Å². The Labute approximate surface area is 164 Å². The number of aliphatic hydroxyl groups excluding tert-OH is 2. The molecule has 0 radical (unpaired) electrons. The number of pyridine rings is 1. The van der Waals surface area contributed by atoms with Gasteiger partial charge in [-0.25, -0.2) is 4.98 Å². The number of ether oxygens (including phenoxy) is 1. The molecule has 0 bridgehead atoms. The molecule has 6 heteroatoms. The van der Waals surface area contributed by atoms with E-state index in [4.69, 9.17) is 14.8 Å². The Morgan fingerprint density at radius 2 is 2.00 bits per heavy atom. The third-order valence-electron chi connectivity index (χ3n) is 4.66. The highest BCUT2D eigenvalue weighted by atomic mass is 35.5. The largest absolute Gasteiger partial charge is 0.493 e. The molecule has 3 N–H and O–H groups in total. The summed E-state index contributed by atoms with van der Waals surface area (Å²) in [5, 5.41) is 22.9. The molecule has 0 aliphatic carbocycles. The lowest BCUT2D eigenvalue weighted by Gasteiger charge is -2.18. The number of hydrogen-bond donors (Lipinski definition) is 3. The summed E-state index contributed by atoms with van der Waals surface area (Å²) in [5.74, 6) is 0.963. The van der Waals surface area contributed by atoms with E-state index in [2.05, 4.69) is 11.4 Å². The second kappa shape index (κ2) is 8.57. The molecule has 1 atom stereocenters. The van der Waals surface area contributed by atoms with Gasteiger partial charge < -0.3 is 20.3 Å². The minimum Gasteiger partial charge on any atom is -0.493 e. The van der Waals surface area contributed by atoms with Crippen molar-refractivity contribution in [1.29, 1.82) is 0 Å². The monoisotopic (exact) mass is 386 g/mol. The summed E-state index contributed by atoms with van der Waals surface area (Å²) >= 11 is 0. The smallest absolute Gasteiger partial charge is 0.122 e. The zero-order valence-corrected chi connectivity index (χ0v) is 15.7. The normalized spacial score (nSPS) is 14.0. The number of halogens is 1. The molecule has 3 aromatic rings. The molecule has 0 spiro atoms. The van der Waals surface area contributed by atoms with Crippen LogP contribution in [0.25, 0.3) is 22.2 Å². The SMILES string of the molecule is Cl.OCC(O)CNc1cc(-c2ccc3c(c2)CCCO3)nc2ccccc12. The van der Waals surface area contributed by atoms with Gasteiger partial charge >= 0.3 is 0 Å². The number of fused-ring (bicyclic) bond motifs is 2. The Balaban J connectivity index is 0.00000210.